The van der Waals surface area contributed by atoms with Gasteiger partial charge in [0.1, 0.15) is 11.6 Å². The Hall–Kier alpha value is -2.56. The van der Waals surface area contributed by atoms with E-state index in [2.05, 4.69) is 29.0 Å². The number of benzene rings is 1. The Morgan fingerprint density at radius 3 is 2.62 bits per heavy atom. The average molecular weight is 353 g/mol. The van der Waals surface area contributed by atoms with Crippen LogP contribution in [-0.4, -0.2) is 29.1 Å². The Bertz CT molecular complexity index is 750. The number of phenols is 1. The summed E-state index contributed by atoms with van der Waals surface area (Å²) in [5, 5.41) is 12.9. The topological polar surface area (TPSA) is 65.5 Å². The van der Waals surface area contributed by atoms with Crippen LogP contribution >= 0.6 is 0 Å². The number of carbonyl (C=O) groups is 1. The molecule has 1 aliphatic heterocycles. The molecule has 1 saturated heterocycles. The zero-order chi connectivity index (χ0) is 18.5. The van der Waals surface area contributed by atoms with Crippen LogP contribution in [-0.2, 0) is 6.54 Å². The molecule has 0 bridgehead atoms. The third kappa shape index (κ3) is 4.34. The predicted molar refractivity (Wildman–Crippen MR) is 104 cm³/mol. The quantitative estimate of drug-likeness (QED) is 0.857. The molecule has 26 heavy (non-hydrogen) atoms. The van der Waals surface area contributed by atoms with Crippen molar-refractivity contribution in [3.63, 3.8) is 0 Å². The Morgan fingerprint density at radius 1 is 1.19 bits per heavy atom. The lowest BCUT2D eigenvalue weighted by molar-refractivity contribution is 0.0948. The minimum absolute atomic E-state index is 0.00507. The van der Waals surface area contributed by atoms with E-state index in [-0.39, 0.29) is 11.7 Å². The van der Waals surface area contributed by atoms with Crippen LogP contribution < -0.4 is 10.2 Å². The molecule has 138 valence electrons. The summed E-state index contributed by atoms with van der Waals surface area (Å²) in [5.74, 6) is 1.03. The first-order chi connectivity index (χ1) is 12.5. The van der Waals surface area contributed by atoms with Crippen molar-refractivity contribution in [3.8, 4) is 5.75 Å². The minimum Gasteiger partial charge on any atom is -0.507 e. The first-order valence-corrected chi connectivity index (χ1v) is 9.35. The lowest BCUT2D eigenvalue weighted by Crippen LogP contribution is -2.30. The Morgan fingerprint density at radius 2 is 1.96 bits per heavy atom. The fraction of sp³-hybridized carbons (Fsp3) is 0.429. The molecule has 0 radical (unpaired) electrons. The van der Waals surface area contributed by atoms with Gasteiger partial charge in [-0.1, -0.05) is 26.0 Å². The van der Waals surface area contributed by atoms with Crippen molar-refractivity contribution in [3.05, 3.63) is 53.2 Å². The number of hydrogen-bond donors (Lipinski definition) is 2. The van der Waals surface area contributed by atoms with E-state index in [0.717, 1.165) is 30.0 Å². The van der Waals surface area contributed by atoms with Crippen LogP contribution in [0.3, 0.4) is 0 Å². The Labute approximate surface area is 155 Å². The lowest BCUT2D eigenvalue weighted by Gasteiger charge is -2.27. The van der Waals surface area contributed by atoms with Crippen molar-refractivity contribution >= 4 is 11.7 Å². The molecule has 3 rings (SSSR count). The van der Waals surface area contributed by atoms with Gasteiger partial charge >= 0.3 is 0 Å². The van der Waals surface area contributed by atoms with Crippen LogP contribution in [0.1, 0.15) is 60.5 Å². The average Bonchev–Trinajstić information content (AvgIpc) is 2.67. The minimum atomic E-state index is -0.273. The molecule has 0 saturated carbocycles. The second kappa shape index (κ2) is 8.21. The molecular weight excluding hydrogens is 326 g/mol. The van der Waals surface area contributed by atoms with Gasteiger partial charge in [-0.25, -0.2) is 4.98 Å². The fourth-order valence-corrected chi connectivity index (χ4v) is 3.20. The number of rotatable bonds is 5. The first kappa shape index (κ1) is 18.2. The fourth-order valence-electron chi connectivity index (χ4n) is 3.20. The standard InChI is InChI=1S/C21H27N3O2/c1-15(2)17-7-8-19(25)18(12-17)21(26)23-14-16-6-9-20(22-13-16)24-10-4-3-5-11-24/h6-9,12-13,15,25H,3-5,10-11,14H2,1-2H3,(H,23,26). The summed E-state index contributed by atoms with van der Waals surface area (Å²) in [6, 6.07) is 9.21. The van der Waals surface area contributed by atoms with Gasteiger partial charge in [0.2, 0.25) is 0 Å². The first-order valence-electron chi connectivity index (χ1n) is 9.35. The highest BCUT2D eigenvalue weighted by Crippen LogP contribution is 2.23. The summed E-state index contributed by atoms with van der Waals surface area (Å²) in [7, 11) is 0. The van der Waals surface area contributed by atoms with Gasteiger partial charge in [0, 0.05) is 25.8 Å². The largest absolute Gasteiger partial charge is 0.507 e. The van der Waals surface area contributed by atoms with Gasteiger partial charge in [-0.05, 0) is 54.5 Å². The highest BCUT2D eigenvalue weighted by atomic mass is 16.3. The molecule has 2 heterocycles. The summed E-state index contributed by atoms with van der Waals surface area (Å²) < 4.78 is 0. The maximum absolute atomic E-state index is 12.4. The zero-order valence-corrected chi connectivity index (χ0v) is 15.5. The number of aromatic nitrogens is 1. The highest BCUT2D eigenvalue weighted by molar-refractivity contribution is 5.97. The highest BCUT2D eigenvalue weighted by Gasteiger charge is 2.14. The van der Waals surface area contributed by atoms with Crippen LogP contribution in [0.4, 0.5) is 5.82 Å². The van der Waals surface area contributed by atoms with Crippen LogP contribution in [0.5, 0.6) is 5.75 Å². The van der Waals surface area contributed by atoms with Crippen LogP contribution in [0.25, 0.3) is 0 Å². The molecule has 0 spiro atoms. The maximum atomic E-state index is 12.4. The Balaban J connectivity index is 1.61. The molecule has 0 aliphatic carbocycles. The number of phenolic OH excluding ortho intramolecular Hbond substituents is 1. The lowest BCUT2D eigenvalue weighted by atomic mass is 10.00. The molecule has 1 fully saturated rings. The van der Waals surface area contributed by atoms with Crippen molar-refractivity contribution in [1.29, 1.82) is 0 Å². The smallest absolute Gasteiger partial charge is 0.255 e. The van der Waals surface area contributed by atoms with E-state index in [0.29, 0.717) is 18.0 Å². The van der Waals surface area contributed by atoms with E-state index < -0.39 is 0 Å². The van der Waals surface area contributed by atoms with Gasteiger partial charge in [0.05, 0.1) is 5.56 Å². The van der Waals surface area contributed by atoms with E-state index in [9.17, 15) is 9.90 Å². The van der Waals surface area contributed by atoms with E-state index in [1.807, 2.05) is 24.4 Å². The monoisotopic (exact) mass is 353 g/mol. The second-order valence-corrected chi connectivity index (χ2v) is 7.19. The van der Waals surface area contributed by atoms with Gasteiger partial charge in [0.15, 0.2) is 0 Å². The van der Waals surface area contributed by atoms with E-state index in [1.54, 1.807) is 12.1 Å². The van der Waals surface area contributed by atoms with Crippen molar-refractivity contribution in [2.75, 3.05) is 18.0 Å². The third-order valence-corrected chi connectivity index (χ3v) is 4.87. The summed E-state index contributed by atoms with van der Waals surface area (Å²) in [5.41, 5.74) is 2.29. The van der Waals surface area contributed by atoms with E-state index >= 15 is 0 Å². The molecule has 0 atom stereocenters. The van der Waals surface area contributed by atoms with Gasteiger partial charge in [-0.3, -0.25) is 4.79 Å². The number of anilines is 1. The third-order valence-electron chi connectivity index (χ3n) is 4.87. The summed E-state index contributed by atoms with van der Waals surface area (Å²) in [6.45, 7) is 6.63. The molecule has 2 N–H and O–H groups in total. The number of carbonyl (C=O) groups excluding carboxylic acids is 1. The molecule has 1 amide bonds. The molecule has 1 aromatic carbocycles. The van der Waals surface area contributed by atoms with Crippen molar-refractivity contribution in [1.82, 2.24) is 10.3 Å². The van der Waals surface area contributed by atoms with Gasteiger partial charge < -0.3 is 15.3 Å². The zero-order valence-electron chi connectivity index (χ0n) is 15.5. The van der Waals surface area contributed by atoms with Gasteiger partial charge in [-0.2, -0.15) is 0 Å². The number of pyridine rings is 1. The van der Waals surface area contributed by atoms with Crippen molar-refractivity contribution < 1.29 is 9.90 Å². The van der Waals surface area contributed by atoms with Crippen molar-refractivity contribution in [2.45, 2.75) is 45.6 Å². The predicted octanol–water partition coefficient (Wildman–Crippen LogP) is 3.83. The maximum Gasteiger partial charge on any atom is 0.255 e. The van der Waals surface area contributed by atoms with Crippen LogP contribution in [0, 0.1) is 0 Å². The number of hydrogen-bond acceptors (Lipinski definition) is 4. The molecule has 5 heteroatoms. The van der Waals surface area contributed by atoms with E-state index in [4.69, 9.17) is 0 Å². The number of nitrogens with one attached hydrogen (secondary N) is 1. The second-order valence-electron chi connectivity index (χ2n) is 7.19. The molecule has 5 nitrogen and oxygen atoms in total. The molecular formula is C21H27N3O2. The SMILES string of the molecule is CC(C)c1ccc(O)c(C(=O)NCc2ccc(N3CCCCC3)nc2)c1. The van der Waals surface area contributed by atoms with Crippen LogP contribution in [0.2, 0.25) is 0 Å². The molecule has 0 unspecified atom stereocenters. The molecule has 1 aromatic heterocycles. The normalized spacial score (nSPS) is 14.5. The number of aromatic hydroxyl groups is 1. The molecule has 2 aromatic rings. The number of amides is 1. The number of piperidine rings is 1. The molecule has 1 aliphatic rings. The summed E-state index contributed by atoms with van der Waals surface area (Å²) in [4.78, 5) is 19.3. The van der Waals surface area contributed by atoms with E-state index in [1.165, 1.54) is 19.3 Å². The number of nitrogens with zero attached hydrogens (tertiary/aromatic N) is 2. The van der Waals surface area contributed by atoms with Gasteiger partial charge in [-0.15, -0.1) is 0 Å². The Kier molecular flexibility index (Phi) is 5.76. The summed E-state index contributed by atoms with van der Waals surface area (Å²) >= 11 is 0. The van der Waals surface area contributed by atoms with Crippen LogP contribution in [0.15, 0.2) is 36.5 Å². The van der Waals surface area contributed by atoms with Crippen molar-refractivity contribution in [2.24, 2.45) is 0 Å². The van der Waals surface area contributed by atoms with Gasteiger partial charge in [0.25, 0.3) is 5.91 Å². The summed E-state index contributed by atoms with van der Waals surface area (Å²) in [6.07, 6.45) is 5.55.